The van der Waals surface area contributed by atoms with Crippen molar-refractivity contribution < 1.29 is 9.53 Å². The van der Waals surface area contributed by atoms with Crippen LogP contribution in [0.15, 0.2) is 48.5 Å². The van der Waals surface area contributed by atoms with Crippen LogP contribution in [0.2, 0.25) is 5.02 Å². The normalized spacial score (nSPS) is 12.8. The van der Waals surface area contributed by atoms with Crippen molar-refractivity contribution in [3.63, 3.8) is 0 Å². The molecule has 0 saturated carbocycles. The fraction of sp³-hybridized carbons (Fsp3) is 0.222. The Hall–Kier alpha value is -2.51. The molecule has 0 saturated heterocycles. The first-order valence-corrected chi connectivity index (χ1v) is 7.60. The second-order valence-corrected chi connectivity index (χ2v) is 5.59. The summed E-state index contributed by atoms with van der Waals surface area (Å²) in [6, 6.07) is 16.0. The number of halogens is 1. The zero-order chi connectivity index (χ0) is 16.8. The Morgan fingerprint density at radius 1 is 1.17 bits per heavy atom. The third kappa shape index (κ3) is 4.48. The Morgan fingerprint density at radius 2 is 1.83 bits per heavy atom. The van der Waals surface area contributed by atoms with Crippen LogP contribution in [-0.4, -0.2) is 12.0 Å². The molecule has 0 aromatic heterocycles. The average Bonchev–Trinajstić information content (AvgIpc) is 2.55. The first-order valence-electron chi connectivity index (χ1n) is 7.23. The van der Waals surface area contributed by atoms with Crippen LogP contribution < -0.4 is 10.1 Å². The minimum Gasteiger partial charge on any atom is -0.480 e. The Labute approximate surface area is 140 Å². The van der Waals surface area contributed by atoms with Gasteiger partial charge in [0.15, 0.2) is 6.10 Å². The maximum Gasteiger partial charge on any atom is 0.261 e. The number of hydrogen-bond donors (Lipinski definition) is 1. The van der Waals surface area contributed by atoms with Gasteiger partial charge in [0.05, 0.1) is 11.6 Å². The van der Waals surface area contributed by atoms with E-state index in [4.69, 9.17) is 21.6 Å². The molecule has 2 aromatic carbocycles. The number of nitriles is 1. The van der Waals surface area contributed by atoms with Gasteiger partial charge in [-0.3, -0.25) is 4.79 Å². The molecule has 0 aliphatic heterocycles. The van der Waals surface area contributed by atoms with Crippen molar-refractivity contribution in [2.75, 3.05) is 0 Å². The number of ether oxygens (including phenoxy) is 1. The van der Waals surface area contributed by atoms with Crippen LogP contribution in [0.25, 0.3) is 0 Å². The topological polar surface area (TPSA) is 62.1 Å². The molecule has 23 heavy (non-hydrogen) atoms. The summed E-state index contributed by atoms with van der Waals surface area (Å²) in [5.41, 5.74) is 1.35. The van der Waals surface area contributed by atoms with Gasteiger partial charge in [-0.05, 0) is 43.7 Å². The summed E-state index contributed by atoms with van der Waals surface area (Å²) < 4.78 is 5.60. The molecule has 0 bridgehead atoms. The maximum atomic E-state index is 12.3. The van der Waals surface area contributed by atoms with Gasteiger partial charge in [0.1, 0.15) is 11.8 Å². The van der Waals surface area contributed by atoms with E-state index in [9.17, 15) is 4.79 Å². The molecule has 1 N–H and O–H groups in total. The van der Waals surface area contributed by atoms with Gasteiger partial charge >= 0.3 is 0 Å². The first kappa shape index (κ1) is 16.9. The average molecular weight is 329 g/mol. The van der Waals surface area contributed by atoms with Gasteiger partial charge in [-0.1, -0.05) is 35.9 Å². The number of amides is 1. The molecule has 2 atom stereocenters. The molecular formula is C18H17ClN2O2. The summed E-state index contributed by atoms with van der Waals surface area (Å²) in [5.74, 6) is 0.150. The number of nitrogens with one attached hydrogen (secondary N) is 1. The highest BCUT2D eigenvalue weighted by atomic mass is 35.5. The summed E-state index contributed by atoms with van der Waals surface area (Å²) in [6.07, 6.45) is -0.709. The van der Waals surface area contributed by atoms with E-state index in [-0.39, 0.29) is 11.9 Å². The van der Waals surface area contributed by atoms with Gasteiger partial charge < -0.3 is 10.1 Å². The Kier molecular flexibility index (Phi) is 5.61. The molecular weight excluding hydrogens is 312 g/mol. The van der Waals surface area contributed by atoms with Crippen molar-refractivity contribution in [3.8, 4) is 11.8 Å². The van der Waals surface area contributed by atoms with Crippen molar-refractivity contribution in [2.45, 2.75) is 26.0 Å². The summed E-state index contributed by atoms with van der Waals surface area (Å²) in [6.45, 7) is 3.54. The number of carbonyl (C=O) groups excluding carboxylic acids is 1. The van der Waals surface area contributed by atoms with Crippen molar-refractivity contribution in [1.82, 2.24) is 5.32 Å². The molecule has 0 aliphatic carbocycles. The lowest BCUT2D eigenvalue weighted by molar-refractivity contribution is -0.127. The fourth-order valence-corrected chi connectivity index (χ4v) is 2.20. The summed E-state index contributed by atoms with van der Waals surface area (Å²) in [4.78, 5) is 12.3. The molecule has 118 valence electrons. The van der Waals surface area contributed by atoms with Gasteiger partial charge in [0, 0.05) is 5.02 Å². The number of para-hydroxylation sites is 1. The standard InChI is InChI=1S/C18H17ClN2O2/c1-12(14-7-9-16(19)10-8-14)21-18(22)13(2)23-17-6-4-3-5-15(17)11-20/h3-10,12-13H,1-2H3,(H,21,22). The molecule has 5 heteroatoms. The van der Waals surface area contributed by atoms with Crippen LogP contribution in [0.1, 0.15) is 31.0 Å². The lowest BCUT2D eigenvalue weighted by Crippen LogP contribution is -2.37. The van der Waals surface area contributed by atoms with Crippen molar-refractivity contribution in [1.29, 1.82) is 5.26 Å². The second-order valence-electron chi connectivity index (χ2n) is 5.15. The molecule has 2 unspecified atom stereocenters. The molecule has 2 aromatic rings. The smallest absolute Gasteiger partial charge is 0.261 e. The van der Waals surface area contributed by atoms with E-state index in [0.717, 1.165) is 5.56 Å². The maximum absolute atomic E-state index is 12.3. The molecule has 2 rings (SSSR count). The molecule has 0 radical (unpaired) electrons. The van der Waals surface area contributed by atoms with Crippen LogP contribution in [0.3, 0.4) is 0 Å². The molecule has 0 heterocycles. The van der Waals surface area contributed by atoms with Crippen molar-refractivity contribution in [3.05, 3.63) is 64.7 Å². The van der Waals surface area contributed by atoms with Crippen molar-refractivity contribution in [2.24, 2.45) is 0 Å². The number of nitrogens with zero attached hydrogens (tertiary/aromatic N) is 1. The lowest BCUT2D eigenvalue weighted by atomic mass is 10.1. The SMILES string of the molecule is CC(Oc1ccccc1C#N)C(=O)NC(C)c1ccc(Cl)cc1. The zero-order valence-electron chi connectivity index (χ0n) is 12.9. The number of benzene rings is 2. The minimum absolute atomic E-state index is 0.169. The zero-order valence-corrected chi connectivity index (χ0v) is 13.7. The number of carbonyl (C=O) groups is 1. The lowest BCUT2D eigenvalue weighted by Gasteiger charge is -2.19. The molecule has 4 nitrogen and oxygen atoms in total. The Bertz CT molecular complexity index is 723. The van der Waals surface area contributed by atoms with E-state index >= 15 is 0 Å². The van der Waals surface area contributed by atoms with E-state index in [1.165, 1.54) is 0 Å². The largest absolute Gasteiger partial charge is 0.480 e. The molecule has 1 amide bonds. The van der Waals surface area contributed by atoms with Crippen LogP contribution in [0.5, 0.6) is 5.75 Å². The van der Waals surface area contributed by atoms with Crippen molar-refractivity contribution >= 4 is 17.5 Å². The van der Waals surface area contributed by atoms with E-state index in [1.54, 1.807) is 43.3 Å². The second kappa shape index (κ2) is 7.66. The summed E-state index contributed by atoms with van der Waals surface area (Å²) in [7, 11) is 0. The van der Waals surface area contributed by atoms with Crippen LogP contribution in [-0.2, 0) is 4.79 Å². The molecule has 0 fully saturated rings. The quantitative estimate of drug-likeness (QED) is 0.906. The van der Waals surface area contributed by atoms with Gasteiger partial charge in [0.25, 0.3) is 5.91 Å². The van der Waals surface area contributed by atoms with E-state index < -0.39 is 6.10 Å². The third-order valence-electron chi connectivity index (χ3n) is 3.41. The number of hydrogen-bond acceptors (Lipinski definition) is 3. The fourth-order valence-electron chi connectivity index (χ4n) is 2.07. The first-order chi connectivity index (χ1) is 11.0. The minimum atomic E-state index is -0.709. The Balaban J connectivity index is 2.00. The third-order valence-corrected chi connectivity index (χ3v) is 3.66. The Morgan fingerprint density at radius 3 is 2.48 bits per heavy atom. The number of rotatable bonds is 5. The molecule has 0 aliphatic rings. The van der Waals surface area contributed by atoms with Crippen LogP contribution in [0, 0.1) is 11.3 Å². The van der Waals surface area contributed by atoms with E-state index in [0.29, 0.717) is 16.3 Å². The predicted molar refractivity (Wildman–Crippen MR) is 89.3 cm³/mol. The monoisotopic (exact) mass is 328 g/mol. The highest BCUT2D eigenvalue weighted by molar-refractivity contribution is 6.30. The van der Waals surface area contributed by atoms with Crippen LogP contribution in [0.4, 0.5) is 0 Å². The molecule has 0 spiro atoms. The summed E-state index contributed by atoms with van der Waals surface area (Å²) in [5, 5.41) is 12.6. The van der Waals surface area contributed by atoms with Gasteiger partial charge in [-0.2, -0.15) is 5.26 Å². The van der Waals surface area contributed by atoms with E-state index in [2.05, 4.69) is 5.32 Å². The predicted octanol–water partition coefficient (Wildman–Crippen LogP) is 3.86. The van der Waals surface area contributed by atoms with Gasteiger partial charge in [-0.15, -0.1) is 0 Å². The summed E-state index contributed by atoms with van der Waals surface area (Å²) >= 11 is 5.86. The highest BCUT2D eigenvalue weighted by Crippen LogP contribution is 2.19. The highest BCUT2D eigenvalue weighted by Gasteiger charge is 2.18. The van der Waals surface area contributed by atoms with Crippen LogP contribution >= 0.6 is 11.6 Å². The van der Waals surface area contributed by atoms with E-state index in [1.807, 2.05) is 25.1 Å². The van der Waals surface area contributed by atoms with Gasteiger partial charge in [-0.25, -0.2) is 0 Å². The van der Waals surface area contributed by atoms with Gasteiger partial charge in [0.2, 0.25) is 0 Å².